The number of rotatable bonds is 3. The molecule has 0 fully saturated rings. The van der Waals surface area contributed by atoms with E-state index in [0.29, 0.717) is 5.39 Å². The van der Waals surface area contributed by atoms with Crippen LogP contribution in [-0.2, 0) is 21.7 Å². The Morgan fingerprint density at radius 3 is 1.81 bits per heavy atom. The number of hydrogen-bond donors (Lipinski definition) is 3. The minimum atomic E-state index is -1.31. The maximum absolute atomic E-state index is 11.1. The van der Waals surface area contributed by atoms with Gasteiger partial charge >= 0.3 is 17.9 Å². The van der Waals surface area contributed by atoms with Crippen molar-refractivity contribution in [3.8, 4) is 0 Å². The summed E-state index contributed by atoms with van der Waals surface area (Å²) in [5.74, 6) is -3.73. The van der Waals surface area contributed by atoms with E-state index >= 15 is 0 Å². The number of carboxylic acid groups (broad SMARTS) is 3. The van der Waals surface area contributed by atoms with Crippen LogP contribution in [0.3, 0.4) is 0 Å². The first kappa shape index (κ1) is 18.8. The Hall–Kier alpha value is -2.22. The molecule has 2 rings (SSSR count). The molecule has 7 nitrogen and oxygen atoms in total. The molecule has 0 aliphatic carbocycles. The molecule has 108 valence electrons. The van der Waals surface area contributed by atoms with Crippen LogP contribution in [0, 0.1) is 0 Å². The van der Waals surface area contributed by atoms with E-state index < -0.39 is 17.9 Å². The van der Waals surface area contributed by atoms with E-state index in [1.807, 2.05) is 0 Å². The molecule has 0 unspecified atom stereocenters. The van der Waals surface area contributed by atoms with E-state index in [1.54, 1.807) is 0 Å². The first-order valence-corrected chi connectivity index (χ1v) is 5.18. The van der Waals surface area contributed by atoms with E-state index in [4.69, 9.17) is 15.3 Å². The quantitative estimate of drug-likeness (QED) is 0.721. The Balaban J connectivity index is 0.00000200. The molecule has 5 N–H and O–H groups in total. The van der Waals surface area contributed by atoms with Crippen LogP contribution in [0.25, 0.3) is 10.8 Å². The summed E-state index contributed by atoms with van der Waals surface area (Å²) in [5, 5.41) is 27.4. The monoisotopic (exact) mass is 326 g/mol. The van der Waals surface area contributed by atoms with E-state index in [1.165, 1.54) is 24.3 Å². The first-order valence-electron chi connectivity index (χ1n) is 5.18. The smallest absolute Gasteiger partial charge is 0.336 e. The van der Waals surface area contributed by atoms with Crippen LogP contribution < -0.4 is 0 Å². The second-order valence-electron chi connectivity index (χ2n) is 3.88. The van der Waals surface area contributed by atoms with E-state index in [0.717, 1.165) is 6.07 Å². The molecule has 0 amide bonds. The van der Waals surface area contributed by atoms with Crippen molar-refractivity contribution in [1.82, 2.24) is 0 Å². The van der Waals surface area contributed by atoms with Gasteiger partial charge in [-0.2, -0.15) is 0 Å². The van der Waals surface area contributed by atoms with Crippen molar-refractivity contribution >= 4 is 28.7 Å². The number of aromatic carboxylic acids is 3. The van der Waals surface area contributed by atoms with E-state index in [9.17, 15) is 14.4 Å². The van der Waals surface area contributed by atoms with Gasteiger partial charge in [0.05, 0.1) is 16.7 Å². The zero-order valence-corrected chi connectivity index (χ0v) is 12.0. The molecule has 8 heteroatoms. The predicted octanol–water partition coefficient (Wildman–Crippen LogP) is 1.11. The fourth-order valence-corrected chi connectivity index (χ4v) is 1.79. The third kappa shape index (κ3) is 3.66. The van der Waals surface area contributed by atoms with Crippen LogP contribution in [0.2, 0.25) is 0 Å². The number of benzene rings is 2. The summed E-state index contributed by atoms with van der Waals surface area (Å²) < 4.78 is 0. The third-order valence-electron chi connectivity index (χ3n) is 2.68. The summed E-state index contributed by atoms with van der Waals surface area (Å²) in [7, 11) is 0. The third-order valence-corrected chi connectivity index (χ3v) is 2.68. The van der Waals surface area contributed by atoms with Gasteiger partial charge in [0.25, 0.3) is 0 Å². The topological polar surface area (TPSA) is 143 Å². The fraction of sp³-hybridized carbons (Fsp3) is 0. The summed E-state index contributed by atoms with van der Waals surface area (Å²) in [5.41, 5.74) is -0.455. The van der Waals surface area contributed by atoms with Crippen molar-refractivity contribution in [3.63, 3.8) is 0 Å². The Kier molecular flexibility index (Phi) is 6.25. The van der Waals surface area contributed by atoms with Crippen LogP contribution in [-0.4, -0.2) is 38.7 Å². The van der Waals surface area contributed by atoms with Crippen LogP contribution >= 0.6 is 0 Å². The molecule has 0 aliphatic heterocycles. The minimum absolute atomic E-state index is 0. The molecule has 0 saturated carbocycles. The standard InChI is InChI=1S/C13H8O6.H2O.Ti/c14-11(15)7-2-1-6-3-8(12(16)17)5-10(13(18)19)9(6)4-7;;/h1-5H,(H,14,15)(H,16,17)(H,18,19);1H2;. The zero-order valence-electron chi connectivity index (χ0n) is 10.5. The molecule has 2 aromatic rings. The number of hydrogen-bond acceptors (Lipinski definition) is 3. The van der Waals surface area contributed by atoms with Crippen LogP contribution in [0.1, 0.15) is 31.1 Å². The molecule has 2 aromatic carbocycles. The Bertz CT molecular complexity index is 724. The molecule has 0 aromatic heterocycles. The number of carboxylic acids is 3. The largest absolute Gasteiger partial charge is 0.478 e. The van der Waals surface area contributed by atoms with Crippen molar-refractivity contribution in [2.45, 2.75) is 0 Å². The molecule has 0 radical (unpaired) electrons. The van der Waals surface area contributed by atoms with Crippen molar-refractivity contribution in [2.24, 2.45) is 0 Å². The van der Waals surface area contributed by atoms with Crippen molar-refractivity contribution in [1.29, 1.82) is 0 Å². The SMILES string of the molecule is O.O=C(O)c1cc(C(=O)O)c2cc(C(=O)O)ccc2c1.[Ti]. The molecule has 21 heavy (non-hydrogen) atoms. The fourth-order valence-electron chi connectivity index (χ4n) is 1.79. The average molecular weight is 326 g/mol. The maximum Gasteiger partial charge on any atom is 0.336 e. The molecular formula is C13H10O7Ti. The van der Waals surface area contributed by atoms with E-state index in [2.05, 4.69) is 0 Å². The van der Waals surface area contributed by atoms with Gasteiger partial charge in [-0.1, -0.05) is 6.07 Å². The molecule has 0 spiro atoms. The van der Waals surface area contributed by atoms with Gasteiger partial charge in [0.15, 0.2) is 0 Å². The molecular weight excluding hydrogens is 316 g/mol. The van der Waals surface area contributed by atoms with Crippen molar-refractivity contribution in [3.05, 3.63) is 47.0 Å². The van der Waals surface area contributed by atoms with Gasteiger partial charge in [0.2, 0.25) is 0 Å². The maximum atomic E-state index is 11.1. The summed E-state index contributed by atoms with van der Waals surface area (Å²) in [6.07, 6.45) is 0. The summed E-state index contributed by atoms with van der Waals surface area (Å²) in [4.78, 5) is 32.9. The normalized spacial score (nSPS) is 9.33. The summed E-state index contributed by atoms with van der Waals surface area (Å²) >= 11 is 0. The van der Waals surface area contributed by atoms with Gasteiger partial charge in [-0.3, -0.25) is 0 Å². The Morgan fingerprint density at radius 2 is 1.33 bits per heavy atom. The summed E-state index contributed by atoms with van der Waals surface area (Å²) in [6, 6.07) is 6.21. The predicted molar refractivity (Wildman–Crippen MR) is 68.4 cm³/mol. The second kappa shape index (κ2) is 6.98. The van der Waals surface area contributed by atoms with Crippen molar-refractivity contribution < 1.29 is 56.9 Å². The average Bonchev–Trinajstić information content (AvgIpc) is 2.36. The first-order chi connectivity index (χ1) is 8.90. The molecule has 0 heterocycles. The second-order valence-corrected chi connectivity index (χ2v) is 3.88. The van der Waals surface area contributed by atoms with Gasteiger partial charge in [-0.05, 0) is 35.0 Å². The van der Waals surface area contributed by atoms with Gasteiger partial charge in [0.1, 0.15) is 0 Å². The van der Waals surface area contributed by atoms with Gasteiger partial charge in [-0.15, -0.1) is 0 Å². The van der Waals surface area contributed by atoms with Gasteiger partial charge in [-0.25, -0.2) is 14.4 Å². The Morgan fingerprint density at radius 1 is 0.762 bits per heavy atom. The van der Waals surface area contributed by atoms with Crippen LogP contribution in [0.15, 0.2) is 30.3 Å². The molecule has 0 bridgehead atoms. The number of fused-ring (bicyclic) bond motifs is 1. The number of carbonyl (C=O) groups is 3. The molecule has 0 saturated heterocycles. The molecule has 0 aliphatic rings. The van der Waals surface area contributed by atoms with Crippen LogP contribution in [0.4, 0.5) is 0 Å². The van der Waals surface area contributed by atoms with Gasteiger partial charge < -0.3 is 20.8 Å². The minimum Gasteiger partial charge on any atom is -0.478 e. The van der Waals surface area contributed by atoms with Gasteiger partial charge in [0, 0.05) is 21.7 Å². The van der Waals surface area contributed by atoms with Crippen molar-refractivity contribution in [2.75, 3.05) is 0 Å². The Labute approximate surface area is 133 Å². The van der Waals surface area contributed by atoms with E-state index in [-0.39, 0.29) is 49.3 Å². The molecule has 0 atom stereocenters. The zero-order chi connectivity index (χ0) is 14.2. The van der Waals surface area contributed by atoms with Crippen LogP contribution in [0.5, 0.6) is 0 Å². The summed E-state index contributed by atoms with van der Waals surface area (Å²) in [6.45, 7) is 0.